The van der Waals surface area contributed by atoms with Crippen molar-refractivity contribution >= 4 is 28.8 Å². The first-order valence-corrected chi connectivity index (χ1v) is 14.7. The van der Waals surface area contributed by atoms with Gasteiger partial charge in [0.15, 0.2) is 12.2 Å². The van der Waals surface area contributed by atoms with E-state index in [-0.39, 0.29) is 24.1 Å². The molecular formula is C31H42N2O9. The molecule has 1 saturated carbocycles. The number of hydrogen-bond donors (Lipinski definition) is 5. The molecule has 230 valence electrons. The molecule has 5 rings (SSSR count). The number of hydrogen-bond acceptors (Lipinski definition) is 8. The number of likely N-dealkylation sites (tertiary alicyclic amines) is 1. The lowest BCUT2D eigenvalue weighted by atomic mass is 9.72. The fourth-order valence-electron chi connectivity index (χ4n) is 6.70. The fraction of sp³-hybridized carbons (Fsp3) is 0.581. The highest BCUT2D eigenvalue weighted by Gasteiger charge is 2.43. The van der Waals surface area contributed by atoms with Crippen LogP contribution in [0.4, 0.5) is 0 Å². The number of carbonyl (C=O) groups excluding carboxylic acids is 1. The van der Waals surface area contributed by atoms with E-state index in [2.05, 4.69) is 47.4 Å². The minimum atomic E-state index is -2.27. The van der Waals surface area contributed by atoms with Gasteiger partial charge in [0.2, 0.25) is 0 Å². The van der Waals surface area contributed by atoms with Gasteiger partial charge in [-0.05, 0) is 68.7 Å². The molecule has 0 radical (unpaired) electrons. The van der Waals surface area contributed by atoms with Crippen molar-refractivity contribution in [2.24, 2.45) is 5.92 Å². The molecule has 1 aromatic heterocycles. The third kappa shape index (κ3) is 6.86. The summed E-state index contributed by atoms with van der Waals surface area (Å²) in [6, 6.07) is 7.08. The van der Waals surface area contributed by atoms with Gasteiger partial charge in [0, 0.05) is 42.1 Å². The van der Waals surface area contributed by atoms with Crippen molar-refractivity contribution in [3.8, 4) is 0 Å². The number of carboxylic acids is 2. The number of carbonyl (C=O) groups is 3. The molecule has 2 fully saturated rings. The van der Waals surface area contributed by atoms with Crippen LogP contribution in [0.25, 0.3) is 10.9 Å². The highest BCUT2D eigenvalue weighted by atomic mass is 16.5. The Morgan fingerprint density at radius 3 is 2.45 bits per heavy atom. The number of aliphatic hydroxyl groups is 3. The number of aromatic nitrogens is 1. The van der Waals surface area contributed by atoms with Crippen LogP contribution in [0, 0.1) is 5.92 Å². The number of piperidine rings is 1. The second-order valence-electron chi connectivity index (χ2n) is 11.5. The van der Waals surface area contributed by atoms with E-state index < -0.39 is 24.1 Å². The number of likely N-dealkylation sites (N-methyl/N-ethyl adjacent to an activating group) is 1. The average Bonchev–Trinajstić information content (AvgIpc) is 3.19. The maximum Gasteiger partial charge on any atom is 0.335 e. The topological polar surface area (TPSA) is 170 Å². The van der Waals surface area contributed by atoms with Crippen LogP contribution in [0.1, 0.15) is 62.5 Å². The maximum atomic E-state index is 13.2. The smallest absolute Gasteiger partial charge is 0.335 e. The van der Waals surface area contributed by atoms with Crippen LogP contribution in [0.5, 0.6) is 0 Å². The summed E-state index contributed by atoms with van der Waals surface area (Å²) in [6.07, 6.45) is 5.50. The first kappa shape index (κ1) is 31.7. The molecule has 42 heavy (non-hydrogen) atoms. The molecule has 3 aliphatic rings. The molecule has 5 N–H and O–H groups in total. The Kier molecular flexibility index (Phi) is 10.4. The largest absolute Gasteiger partial charge is 0.479 e. The van der Waals surface area contributed by atoms with Crippen molar-refractivity contribution in [3.05, 3.63) is 48.2 Å². The molecule has 5 unspecified atom stereocenters. The van der Waals surface area contributed by atoms with Crippen LogP contribution < -0.4 is 0 Å². The minimum absolute atomic E-state index is 0.0366. The lowest BCUT2D eigenvalue weighted by Crippen LogP contribution is -2.51. The second kappa shape index (κ2) is 13.8. The molecule has 11 nitrogen and oxygen atoms in total. The van der Waals surface area contributed by atoms with Crippen LogP contribution >= 0.6 is 0 Å². The predicted octanol–water partition coefficient (Wildman–Crippen LogP) is 2.29. The van der Waals surface area contributed by atoms with Gasteiger partial charge in [-0.15, -0.1) is 6.58 Å². The van der Waals surface area contributed by atoms with Gasteiger partial charge in [-0.2, -0.15) is 0 Å². The molecule has 2 heterocycles. The zero-order valence-corrected chi connectivity index (χ0v) is 24.0. The normalized spacial score (nSPS) is 27.0. The van der Waals surface area contributed by atoms with E-state index in [1.54, 1.807) is 0 Å². The summed E-state index contributed by atoms with van der Waals surface area (Å²) < 4.78 is 8.33. The average molecular weight is 587 g/mol. The first-order valence-electron chi connectivity index (χ1n) is 14.7. The van der Waals surface area contributed by atoms with E-state index in [0.717, 1.165) is 64.6 Å². The summed E-state index contributed by atoms with van der Waals surface area (Å²) in [5.74, 6) is -3.31. The first-order chi connectivity index (χ1) is 20.0. The summed E-state index contributed by atoms with van der Waals surface area (Å²) in [4.78, 5) is 35.3. The van der Waals surface area contributed by atoms with E-state index in [9.17, 15) is 19.5 Å². The summed E-state index contributed by atoms with van der Waals surface area (Å²) in [5, 5.41) is 43.8. The number of fused-ring (bicyclic) bond motifs is 2. The SMILES string of the molecule is C=CCn1cc2c3c(cccc31)C1C[C@@H](C(=O)OC3CCCC(O)CC3)CN(CC)[C@@H]1C2.O=C(O)C(O)C(O)C(=O)O. The van der Waals surface area contributed by atoms with Gasteiger partial charge in [-0.25, -0.2) is 9.59 Å². The quantitative estimate of drug-likeness (QED) is 0.176. The van der Waals surface area contributed by atoms with E-state index in [4.69, 9.17) is 25.2 Å². The Morgan fingerprint density at radius 2 is 1.81 bits per heavy atom. The lowest BCUT2D eigenvalue weighted by molar-refractivity contribution is -0.165. The van der Waals surface area contributed by atoms with E-state index in [0.29, 0.717) is 12.0 Å². The number of allylic oxidation sites excluding steroid dienone is 1. The third-order valence-corrected chi connectivity index (χ3v) is 8.81. The molecule has 1 aromatic carbocycles. The third-order valence-electron chi connectivity index (χ3n) is 8.81. The molecule has 0 bridgehead atoms. The zero-order chi connectivity index (χ0) is 30.6. The van der Waals surface area contributed by atoms with E-state index in [1.807, 2.05) is 6.08 Å². The number of ether oxygens (including phenoxy) is 1. The molecule has 0 amide bonds. The Morgan fingerprint density at radius 1 is 1.10 bits per heavy atom. The minimum Gasteiger partial charge on any atom is -0.479 e. The summed E-state index contributed by atoms with van der Waals surface area (Å²) in [5.41, 5.74) is 4.10. The maximum absolute atomic E-state index is 13.2. The number of nitrogens with zero attached hydrogens (tertiary/aromatic N) is 2. The van der Waals surface area contributed by atoms with Gasteiger partial charge >= 0.3 is 17.9 Å². The lowest BCUT2D eigenvalue weighted by Gasteiger charge is -2.46. The summed E-state index contributed by atoms with van der Waals surface area (Å²) in [7, 11) is 0. The highest BCUT2D eigenvalue weighted by molar-refractivity contribution is 5.89. The standard InChI is InChI=1S/C27H36N2O3.C4H6O6/c1-3-13-29-16-18-15-25-23(22-9-6-10-24(29)26(18)22)14-19(17-28(25)4-2)27(31)32-21-8-5-7-20(30)11-12-21;5-1(3(7)8)2(6)4(9)10/h3,6,9-10,16,19-21,23,25,30H,1,4-5,7-8,11-15,17H2,2H3;1-2,5-6H,(H,7,8)(H,9,10)/t19-,20?,21?,23?,25-;/m1./s1. The highest BCUT2D eigenvalue weighted by Crippen LogP contribution is 2.45. The van der Waals surface area contributed by atoms with Gasteiger partial charge < -0.3 is 34.8 Å². The Labute approximate surface area is 245 Å². The molecule has 1 aliphatic heterocycles. The Bertz CT molecular complexity index is 1270. The molecule has 1 saturated heterocycles. The van der Waals surface area contributed by atoms with Crippen LogP contribution in [-0.4, -0.2) is 96.5 Å². The number of benzene rings is 1. The van der Waals surface area contributed by atoms with Gasteiger partial charge in [0.1, 0.15) is 6.10 Å². The van der Waals surface area contributed by atoms with Gasteiger partial charge in [-0.3, -0.25) is 9.69 Å². The number of aliphatic carboxylic acids is 2. The Hall–Kier alpha value is -3.25. The fourth-order valence-corrected chi connectivity index (χ4v) is 6.70. The second-order valence-corrected chi connectivity index (χ2v) is 11.5. The number of esters is 1. The van der Waals surface area contributed by atoms with Gasteiger partial charge in [0.05, 0.1) is 12.0 Å². The zero-order valence-electron chi connectivity index (χ0n) is 24.0. The summed E-state index contributed by atoms with van der Waals surface area (Å²) >= 11 is 0. The van der Waals surface area contributed by atoms with E-state index in [1.165, 1.54) is 22.0 Å². The molecule has 7 atom stereocenters. The molecule has 11 heteroatoms. The summed E-state index contributed by atoms with van der Waals surface area (Å²) in [6.45, 7) is 8.67. The van der Waals surface area contributed by atoms with Crippen LogP contribution in [0.3, 0.4) is 0 Å². The van der Waals surface area contributed by atoms with Crippen LogP contribution in [-0.2, 0) is 32.1 Å². The molecule has 2 aromatic rings. The molecule has 0 spiro atoms. The molecule has 2 aliphatic carbocycles. The Balaban J connectivity index is 0.000000349. The van der Waals surface area contributed by atoms with E-state index >= 15 is 0 Å². The molecular weight excluding hydrogens is 544 g/mol. The van der Waals surface area contributed by atoms with Gasteiger partial charge in [-0.1, -0.05) is 25.1 Å². The number of aliphatic hydroxyl groups excluding tert-OH is 3. The van der Waals surface area contributed by atoms with Crippen LogP contribution in [0.15, 0.2) is 37.1 Å². The van der Waals surface area contributed by atoms with Crippen molar-refractivity contribution < 1.29 is 44.7 Å². The van der Waals surface area contributed by atoms with Gasteiger partial charge in [0.25, 0.3) is 0 Å². The van der Waals surface area contributed by atoms with Crippen molar-refractivity contribution in [2.45, 2.75) is 94.8 Å². The predicted molar refractivity (Wildman–Crippen MR) is 154 cm³/mol. The number of rotatable bonds is 8. The van der Waals surface area contributed by atoms with Crippen molar-refractivity contribution in [1.82, 2.24) is 9.47 Å². The van der Waals surface area contributed by atoms with Crippen molar-refractivity contribution in [2.75, 3.05) is 13.1 Å². The van der Waals surface area contributed by atoms with Crippen LogP contribution in [0.2, 0.25) is 0 Å². The van der Waals surface area contributed by atoms with Crippen molar-refractivity contribution in [3.63, 3.8) is 0 Å². The van der Waals surface area contributed by atoms with Crippen molar-refractivity contribution in [1.29, 1.82) is 0 Å². The monoisotopic (exact) mass is 586 g/mol. The number of carboxylic acid groups (broad SMARTS) is 2.